The van der Waals surface area contributed by atoms with Gasteiger partial charge < -0.3 is 10.4 Å². The molecule has 1 aromatic carbocycles. The highest BCUT2D eigenvalue weighted by atomic mass is 79.9. The van der Waals surface area contributed by atoms with Gasteiger partial charge in [0.05, 0.1) is 0 Å². The Morgan fingerprint density at radius 2 is 2.10 bits per heavy atom. The van der Waals surface area contributed by atoms with Gasteiger partial charge in [-0.05, 0) is 43.4 Å². The van der Waals surface area contributed by atoms with Crippen molar-refractivity contribution in [3.63, 3.8) is 0 Å². The monoisotopic (exact) mass is 353 g/mol. The zero-order chi connectivity index (χ0) is 15.6. The van der Waals surface area contributed by atoms with E-state index in [9.17, 15) is 14.7 Å². The molecule has 1 aliphatic rings. The third-order valence-electron chi connectivity index (χ3n) is 4.53. The second-order valence-electron chi connectivity index (χ2n) is 5.79. The SMILES string of the molecule is Cc1c(Br)cccc1C(=O)NC1(C(=O)O)CCCCC1C. The molecule has 0 saturated heterocycles. The molecule has 2 unspecified atom stereocenters. The zero-order valence-corrected chi connectivity index (χ0v) is 13.9. The Balaban J connectivity index is 2.31. The summed E-state index contributed by atoms with van der Waals surface area (Å²) in [5.41, 5.74) is 0.186. The van der Waals surface area contributed by atoms with Crippen molar-refractivity contribution in [2.75, 3.05) is 0 Å². The minimum atomic E-state index is -1.15. The van der Waals surface area contributed by atoms with Gasteiger partial charge in [0.2, 0.25) is 0 Å². The number of benzene rings is 1. The number of carboxylic acid groups (broad SMARTS) is 1. The highest BCUT2D eigenvalue weighted by Crippen LogP contribution is 2.34. The fraction of sp³-hybridized carbons (Fsp3) is 0.500. The van der Waals surface area contributed by atoms with Gasteiger partial charge in [-0.3, -0.25) is 4.79 Å². The zero-order valence-electron chi connectivity index (χ0n) is 12.3. The lowest BCUT2D eigenvalue weighted by atomic mass is 9.73. The van der Waals surface area contributed by atoms with Crippen LogP contribution in [0.4, 0.5) is 0 Å². The fourth-order valence-electron chi connectivity index (χ4n) is 3.03. The summed E-state index contributed by atoms with van der Waals surface area (Å²) < 4.78 is 0.844. The number of hydrogen-bond donors (Lipinski definition) is 2. The van der Waals surface area contributed by atoms with Crippen LogP contribution in [0, 0.1) is 12.8 Å². The Hall–Kier alpha value is -1.36. The molecular weight excluding hydrogens is 334 g/mol. The molecule has 0 bridgehead atoms. The minimum absolute atomic E-state index is 0.0693. The molecule has 0 aliphatic heterocycles. The van der Waals surface area contributed by atoms with Gasteiger partial charge in [-0.15, -0.1) is 0 Å². The summed E-state index contributed by atoms with van der Waals surface area (Å²) in [6.45, 7) is 3.75. The second kappa shape index (κ2) is 6.18. The van der Waals surface area contributed by atoms with Crippen molar-refractivity contribution >= 4 is 27.8 Å². The number of carboxylic acids is 1. The maximum absolute atomic E-state index is 12.5. The normalized spacial score (nSPS) is 25.4. The van der Waals surface area contributed by atoms with Gasteiger partial charge in [0, 0.05) is 10.0 Å². The molecule has 0 heterocycles. The first-order chi connectivity index (χ1) is 9.88. The van der Waals surface area contributed by atoms with E-state index < -0.39 is 11.5 Å². The van der Waals surface area contributed by atoms with E-state index in [4.69, 9.17) is 0 Å². The molecule has 1 amide bonds. The van der Waals surface area contributed by atoms with E-state index in [-0.39, 0.29) is 11.8 Å². The van der Waals surface area contributed by atoms with E-state index in [0.717, 1.165) is 29.3 Å². The molecule has 4 nitrogen and oxygen atoms in total. The van der Waals surface area contributed by atoms with Crippen LogP contribution in [0.15, 0.2) is 22.7 Å². The quantitative estimate of drug-likeness (QED) is 0.873. The Bertz CT molecular complexity index is 573. The minimum Gasteiger partial charge on any atom is -0.479 e. The molecule has 1 aromatic rings. The molecule has 2 rings (SSSR count). The van der Waals surface area contributed by atoms with E-state index in [2.05, 4.69) is 21.2 Å². The van der Waals surface area contributed by atoms with Gasteiger partial charge in [-0.2, -0.15) is 0 Å². The number of carbonyl (C=O) groups is 2. The molecule has 1 fully saturated rings. The van der Waals surface area contributed by atoms with Crippen molar-refractivity contribution in [2.24, 2.45) is 5.92 Å². The highest BCUT2D eigenvalue weighted by molar-refractivity contribution is 9.10. The van der Waals surface area contributed by atoms with Crippen LogP contribution >= 0.6 is 15.9 Å². The third kappa shape index (κ3) is 2.98. The summed E-state index contributed by atoms with van der Waals surface area (Å²) in [7, 11) is 0. The number of aliphatic carboxylic acids is 1. The van der Waals surface area contributed by atoms with Crippen molar-refractivity contribution in [1.29, 1.82) is 0 Å². The van der Waals surface area contributed by atoms with Crippen LogP contribution in [-0.2, 0) is 4.79 Å². The van der Waals surface area contributed by atoms with Crippen LogP contribution in [-0.4, -0.2) is 22.5 Å². The van der Waals surface area contributed by atoms with Crippen LogP contribution in [0.5, 0.6) is 0 Å². The van der Waals surface area contributed by atoms with E-state index >= 15 is 0 Å². The summed E-state index contributed by atoms with van der Waals surface area (Å²) >= 11 is 3.40. The van der Waals surface area contributed by atoms with Crippen molar-refractivity contribution in [3.8, 4) is 0 Å². The topological polar surface area (TPSA) is 66.4 Å². The fourth-order valence-corrected chi connectivity index (χ4v) is 3.39. The molecule has 2 N–H and O–H groups in total. The summed E-state index contributed by atoms with van der Waals surface area (Å²) in [5, 5.41) is 12.5. The van der Waals surface area contributed by atoms with Crippen LogP contribution < -0.4 is 5.32 Å². The third-order valence-corrected chi connectivity index (χ3v) is 5.39. The van der Waals surface area contributed by atoms with Gasteiger partial charge in [0.15, 0.2) is 0 Å². The van der Waals surface area contributed by atoms with E-state index in [0.29, 0.717) is 12.0 Å². The highest BCUT2D eigenvalue weighted by Gasteiger charge is 2.46. The summed E-state index contributed by atoms with van der Waals surface area (Å²) in [4.78, 5) is 24.3. The molecule has 0 spiro atoms. The molecule has 0 radical (unpaired) electrons. The van der Waals surface area contributed by atoms with Gasteiger partial charge in [0.25, 0.3) is 5.91 Å². The number of rotatable bonds is 3. The first-order valence-corrected chi connectivity index (χ1v) is 7.99. The molecule has 5 heteroatoms. The predicted molar refractivity (Wildman–Crippen MR) is 84.3 cm³/mol. The lowest BCUT2D eigenvalue weighted by Gasteiger charge is -2.39. The molecule has 1 saturated carbocycles. The molecule has 1 aliphatic carbocycles. The van der Waals surface area contributed by atoms with Crippen LogP contribution in [0.25, 0.3) is 0 Å². The van der Waals surface area contributed by atoms with Crippen molar-refractivity contribution in [1.82, 2.24) is 5.32 Å². The first kappa shape index (κ1) is 16.0. The summed E-state index contributed by atoms with van der Waals surface area (Å²) in [6.07, 6.45) is 3.16. The summed E-state index contributed by atoms with van der Waals surface area (Å²) in [6, 6.07) is 5.37. The number of carbonyl (C=O) groups excluding carboxylic acids is 1. The van der Waals surface area contributed by atoms with Crippen LogP contribution in [0.2, 0.25) is 0 Å². The standard InChI is InChI=1S/C16H20BrNO3/c1-10-6-3-4-9-16(10,15(20)21)18-14(19)12-7-5-8-13(17)11(12)2/h5,7-8,10H,3-4,6,9H2,1-2H3,(H,18,19)(H,20,21). The number of amides is 1. The number of nitrogens with one attached hydrogen (secondary N) is 1. The molecule has 114 valence electrons. The Labute approximate surface area is 133 Å². The smallest absolute Gasteiger partial charge is 0.329 e. The van der Waals surface area contributed by atoms with Crippen LogP contribution in [0.1, 0.15) is 48.5 Å². The maximum atomic E-state index is 12.5. The van der Waals surface area contributed by atoms with Crippen molar-refractivity contribution in [2.45, 2.75) is 45.1 Å². The van der Waals surface area contributed by atoms with Crippen molar-refractivity contribution in [3.05, 3.63) is 33.8 Å². The molecule has 2 atom stereocenters. The molecular formula is C16H20BrNO3. The molecule has 21 heavy (non-hydrogen) atoms. The Morgan fingerprint density at radius 3 is 2.71 bits per heavy atom. The maximum Gasteiger partial charge on any atom is 0.329 e. The lowest BCUT2D eigenvalue weighted by Crippen LogP contribution is -2.60. The van der Waals surface area contributed by atoms with Gasteiger partial charge in [-0.1, -0.05) is 41.8 Å². The lowest BCUT2D eigenvalue weighted by molar-refractivity contribution is -0.148. The van der Waals surface area contributed by atoms with E-state index in [1.165, 1.54) is 0 Å². The Kier molecular flexibility index (Phi) is 4.71. The van der Waals surface area contributed by atoms with Gasteiger partial charge >= 0.3 is 5.97 Å². The average Bonchev–Trinajstić information content (AvgIpc) is 2.44. The van der Waals surface area contributed by atoms with Crippen molar-refractivity contribution < 1.29 is 14.7 Å². The number of hydrogen-bond acceptors (Lipinski definition) is 2. The summed E-state index contributed by atoms with van der Waals surface area (Å²) in [5.74, 6) is -1.32. The van der Waals surface area contributed by atoms with Gasteiger partial charge in [0.1, 0.15) is 5.54 Å². The Morgan fingerprint density at radius 1 is 1.38 bits per heavy atom. The largest absolute Gasteiger partial charge is 0.479 e. The number of halogens is 1. The van der Waals surface area contributed by atoms with Crippen LogP contribution in [0.3, 0.4) is 0 Å². The van der Waals surface area contributed by atoms with E-state index in [1.807, 2.05) is 19.9 Å². The first-order valence-electron chi connectivity index (χ1n) is 7.19. The molecule has 0 aromatic heterocycles. The van der Waals surface area contributed by atoms with E-state index in [1.54, 1.807) is 12.1 Å². The van der Waals surface area contributed by atoms with Gasteiger partial charge in [-0.25, -0.2) is 4.79 Å². The predicted octanol–water partition coefficient (Wildman–Crippen LogP) is 3.52. The average molecular weight is 354 g/mol. The second-order valence-corrected chi connectivity index (χ2v) is 6.64.